The van der Waals surface area contributed by atoms with Gasteiger partial charge in [0.2, 0.25) is 0 Å². The third-order valence-electron chi connectivity index (χ3n) is 2.80. The van der Waals surface area contributed by atoms with E-state index in [0.717, 1.165) is 6.07 Å². The highest BCUT2D eigenvalue weighted by molar-refractivity contribution is 9.10. The molecule has 1 atom stereocenters. The van der Waals surface area contributed by atoms with Crippen molar-refractivity contribution in [3.63, 3.8) is 0 Å². The summed E-state index contributed by atoms with van der Waals surface area (Å²) in [5.74, 6) is -0.377. The van der Waals surface area contributed by atoms with Crippen molar-refractivity contribution in [1.82, 2.24) is 9.78 Å². The molecule has 0 aliphatic rings. The number of rotatable bonds is 4. The van der Waals surface area contributed by atoms with Crippen molar-refractivity contribution < 1.29 is 23.0 Å². The Kier molecular flexibility index (Phi) is 4.58. The minimum absolute atomic E-state index is 0.285. The average Bonchev–Trinajstić information content (AvgIpc) is 2.77. The third-order valence-corrected chi connectivity index (χ3v) is 3.41. The molecule has 0 aliphatic heterocycles. The van der Waals surface area contributed by atoms with Gasteiger partial charge in [-0.3, -0.25) is 4.68 Å². The van der Waals surface area contributed by atoms with Crippen molar-refractivity contribution in [3.8, 4) is 5.75 Å². The Bertz CT molecular complexity index is 628. The molecular weight excluding hydrogens is 353 g/mol. The van der Waals surface area contributed by atoms with Gasteiger partial charge >= 0.3 is 6.36 Å². The minimum atomic E-state index is -4.77. The summed E-state index contributed by atoms with van der Waals surface area (Å²) in [4.78, 5) is 0. The number of aryl methyl sites for hydroxylation is 1. The Morgan fingerprint density at radius 1 is 1.43 bits per heavy atom. The number of hydrogen-bond acceptors (Lipinski definition) is 3. The van der Waals surface area contributed by atoms with E-state index in [1.54, 1.807) is 4.68 Å². The van der Waals surface area contributed by atoms with Crippen molar-refractivity contribution in [1.29, 1.82) is 0 Å². The molecule has 0 saturated heterocycles. The predicted octanol–water partition coefficient (Wildman–Crippen LogP) is 3.65. The topological polar surface area (TPSA) is 47.3 Å². The van der Waals surface area contributed by atoms with Crippen LogP contribution in [0.15, 0.2) is 34.9 Å². The molecule has 2 aromatic rings. The van der Waals surface area contributed by atoms with E-state index in [9.17, 15) is 18.3 Å². The molecular formula is C13H12BrF3N2O2. The maximum Gasteiger partial charge on any atom is 0.573 e. The third kappa shape index (κ3) is 3.76. The molecule has 114 valence electrons. The Balaban J connectivity index is 2.33. The molecule has 0 fully saturated rings. The molecule has 0 radical (unpaired) electrons. The maximum atomic E-state index is 12.2. The van der Waals surface area contributed by atoms with Gasteiger partial charge in [0.25, 0.3) is 0 Å². The lowest BCUT2D eigenvalue weighted by molar-refractivity contribution is -0.274. The molecule has 0 aliphatic carbocycles. The lowest BCUT2D eigenvalue weighted by Crippen LogP contribution is -2.17. The number of aliphatic hydroxyl groups is 1. The van der Waals surface area contributed by atoms with Gasteiger partial charge in [-0.25, -0.2) is 0 Å². The second kappa shape index (κ2) is 6.07. The fraction of sp³-hybridized carbons (Fsp3) is 0.308. The van der Waals surface area contributed by atoms with Crippen LogP contribution in [0.3, 0.4) is 0 Å². The molecule has 1 unspecified atom stereocenters. The summed E-state index contributed by atoms with van der Waals surface area (Å²) in [6, 6.07) is 5.24. The number of benzene rings is 1. The summed E-state index contributed by atoms with van der Waals surface area (Å²) in [6.07, 6.45) is -4.35. The SMILES string of the molecule is CCn1ncc(Br)c1C(O)c1cccc(OC(F)(F)F)c1. The van der Waals surface area contributed by atoms with Crippen LogP contribution in [0.25, 0.3) is 0 Å². The molecule has 8 heteroatoms. The first kappa shape index (κ1) is 15.8. The molecule has 1 heterocycles. The standard InChI is InChI=1S/C13H12BrF3N2O2/c1-2-19-11(10(14)7-18-19)12(20)8-4-3-5-9(6-8)21-13(15,16)17/h3-7,12,20H,2H2,1H3. The predicted molar refractivity (Wildman–Crippen MR) is 72.8 cm³/mol. The van der Waals surface area contributed by atoms with Crippen LogP contribution >= 0.6 is 15.9 Å². The number of nitrogens with zero attached hydrogens (tertiary/aromatic N) is 2. The van der Waals surface area contributed by atoms with Crippen LogP contribution in [0, 0.1) is 0 Å². The second-order valence-electron chi connectivity index (χ2n) is 4.22. The zero-order valence-corrected chi connectivity index (χ0v) is 12.5. The van der Waals surface area contributed by atoms with Gasteiger partial charge in [0, 0.05) is 6.54 Å². The van der Waals surface area contributed by atoms with Gasteiger partial charge in [-0.15, -0.1) is 13.2 Å². The first-order valence-corrected chi connectivity index (χ1v) is 6.86. The highest BCUT2D eigenvalue weighted by Crippen LogP contribution is 2.31. The number of halogens is 4. The van der Waals surface area contributed by atoms with E-state index < -0.39 is 12.5 Å². The van der Waals surface area contributed by atoms with Gasteiger partial charge in [-0.2, -0.15) is 5.10 Å². The normalized spacial score (nSPS) is 13.2. The number of alkyl halides is 3. The molecule has 0 spiro atoms. The summed E-state index contributed by atoms with van der Waals surface area (Å²) in [5.41, 5.74) is 0.759. The quantitative estimate of drug-likeness (QED) is 0.900. The van der Waals surface area contributed by atoms with Gasteiger partial charge < -0.3 is 9.84 Å². The summed E-state index contributed by atoms with van der Waals surface area (Å²) >= 11 is 3.27. The first-order chi connectivity index (χ1) is 9.81. The second-order valence-corrected chi connectivity index (χ2v) is 5.07. The molecule has 0 bridgehead atoms. The van der Waals surface area contributed by atoms with E-state index in [2.05, 4.69) is 25.8 Å². The van der Waals surface area contributed by atoms with Gasteiger partial charge in [0.15, 0.2) is 0 Å². The average molecular weight is 365 g/mol. The summed E-state index contributed by atoms with van der Waals surface area (Å²) < 4.78 is 42.7. The molecule has 1 aromatic heterocycles. The fourth-order valence-electron chi connectivity index (χ4n) is 1.94. The van der Waals surface area contributed by atoms with Gasteiger partial charge in [-0.05, 0) is 40.5 Å². The number of ether oxygens (including phenoxy) is 1. The monoisotopic (exact) mass is 364 g/mol. The molecule has 4 nitrogen and oxygen atoms in total. The lowest BCUT2D eigenvalue weighted by atomic mass is 10.1. The van der Waals surface area contributed by atoms with Crippen LogP contribution in [0.5, 0.6) is 5.75 Å². The van der Waals surface area contributed by atoms with Gasteiger partial charge in [0.05, 0.1) is 16.4 Å². The highest BCUT2D eigenvalue weighted by Gasteiger charge is 2.31. The van der Waals surface area contributed by atoms with Crippen LogP contribution in [-0.4, -0.2) is 21.2 Å². The van der Waals surface area contributed by atoms with E-state index in [4.69, 9.17) is 0 Å². The smallest absolute Gasteiger partial charge is 0.406 e. The van der Waals surface area contributed by atoms with Crippen molar-refractivity contribution >= 4 is 15.9 Å². The molecule has 2 rings (SSSR count). The van der Waals surface area contributed by atoms with Gasteiger partial charge in [-0.1, -0.05) is 12.1 Å². The molecule has 0 amide bonds. The van der Waals surface area contributed by atoms with E-state index >= 15 is 0 Å². The largest absolute Gasteiger partial charge is 0.573 e. The molecule has 1 N–H and O–H groups in total. The minimum Gasteiger partial charge on any atom is -0.406 e. The van der Waals surface area contributed by atoms with E-state index in [0.29, 0.717) is 16.7 Å². The Hall–Kier alpha value is -1.54. The Labute approximate surface area is 127 Å². The molecule has 1 aromatic carbocycles. The van der Waals surface area contributed by atoms with Crippen molar-refractivity contribution in [2.24, 2.45) is 0 Å². The van der Waals surface area contributed by atoms with Gasteiger partial charge in [0.1, 0.15) is 11.9 Å². The number of hydrogen-bond donors (Lipinski definition) is 1. The summed E-state index contributed by atoms with van der Waals surface area (Å²) in [5, 5.41) is 14.4. The zero-order chi connectivity index (χ0) is 15.6. The molecule has 21 heavy (non-hydrogen) atoms. The Morgan fingerprint density at radius 3 is 2.76 bits per heavy atom. The summed E-state index contributed by atoms with van der Waals surface area (Å²) in [6.45, 7) is 2.37. The zero-order valence-electron chi connectivity index (χ0n) is 10.9. The number of aromatic nitrogens is 2. The first-order valence-electron chi connectivity index (χ1n) is 6.06. The Morgan fingerprint density at radius 2 is 2.14 bits per heavy atom. The van der Waals surface area contributed by atoms with Crippen LogP contribution in [0.1, 0.15) is 24.3 Å². The van der Waals surface area contributed by atoms with Crippen molar-refractivity contribution in [2.45, 2.75) is 25.9 Å². The van der Waals surface area contributed by atoms with Crippen LogP contribution in [0.2, 0.25) is 0 Å². The van der Waals surface area contributed by atoms with Crippen molar-refractivity contribution in [3.05, 3.63) is 46.2 Å². The molecule has 0 saturated carbocycles. The highest BCUT2D eigenvalue weighted by atomic mass is 79.9. The van der Waals surface area contributed by atoms with E-state index in [1.165, 1.54) is 24.4 Å². The maximum absolute atomic E-state index is 12.2. The fourth-order valence-corrected chi connectivity index (χ4v) is 2.45. The van der Waals surface area contributed by atoms with E-state index in [-0.39, 0.29) is 11.3 Å². The van der Waals surface area contributed by atoms with Crippen LogP contribution in [0.4, 0.5) is 13.2 Å². The summed E-state index contributed by atoms with van der Waals surface area (Å²) in [7, 11) is 0. The van der Waals surface area contributed by atoms with E-state index in [1.807, 2.05) is 6.92 Å². The lowest BCUT2D eigenvalue weighted by Gasteiger charge is -2.15. The number of aliphatic hydroxyl groups excluding tert-OH is 1. The van der Waals surface area contributed by atoms with Crippen molar-refractivity contribution in [2.75, 3.05) is 0 Å². The van der Waals surface area contributed by atoms with Crippen LogP contribution in [-0.2, 0) is 6.54 Å². The van der Waals surface area contributed by atoms with Crippen LogP contribution < -0.4 is 4.74 Å².